The number of nitrogens with one attached hydrogen (secondary N) is 1. The molecule has 0 unspecified atom stereocenters. The molecule has 9 heteroatoms. The van der Waals surface area contributed by atoms with Crippen LogP contribution in [0.2, 0.25) is 0 Å². The van der Waals surface area contributed by atoms with E-state index in [1.807, 2.05) is 25.7 Å². The smallest absolute Gasteiger partial charge is 0.241 e. The second-order valence-corrected chi connectivity index (χ2v) is 12.1. The number of sulfonamides is 1. The fraction of sp³-hybridized carbons (Fsp3) is 0.692. The zero-order valence-corrected chi connectivity index (χ0v) is 22.1. The number of fused-ring (bicyclic) bond motifs is 1. The van der Waals surface area contributed by atoms with Crippen molar-refractivity contribution in [1.29, 1.82) is 0 Å². The Labute approximate surface area is 210 Å². The molecule has 35 heavy (non-hydrogen) atoms. The van der Waals surface area contributed by atoms with Crippen LogP contribution in [-0.2, 0) is 26.0 Å². The van der Waals surface area contributed by atoms with Crippen LogP contribution < -0.4 is 9.62 Å². The predicted molar refractivity (Wildman–Crippen MR) is 137 cm³/mol. The van der Waals surface area contributed by atoms with E-state index in [0.29, 0.717) is 38.5 Å². The summed E-state index contributed by atoms with van der Waals surface area (Å²) >= 11 is 0. The summed E-state index contributed by atoms with van der Waals surface area (Å²) in [5.74, 6) is -0.292. The molecule has 0 spiro atoms. The molecule has 4 rings (SSSR count). The molecular weight excluding hydrogens is 464 g/mol. The Balaban J connectivity index is 1.42. The third-order valence-electron chi connectivity index (χ3n) is 7.79. The maximum absolute atomic E-state index is 13.4. The van der Waals surface area contributed by atoms with E-state index in [1.54, 1.807) is 17.0 Å². The summed E-state index contributed by atoms with van der Waals surface area (Å²) in [6.45, 7) is 9.12. The Morgan fingerprint density at radius 2 is 1.71 bits per heavy atom. The monoisotopic (exact) mass is 504 g/mol. The third-order valence-corrected chi connectivity index (χ3v) is 9.23. The van der Waals surface area contributed by atoms with Crippen LogP contribution >= 0.6 is 0 Å². The maximum atomic E-state index is 13.4. The molecule has 1 N–H and O–H groups in total. The van der Waals surface area contributed by atoms with E-state index >= 15 is 0 Å². The second kappa shape index (κ2) is 11.0. The molecule has 1 saturated carbocycles. The molecule has 1 aromatic rings. The van der Waals surface area contributed by atoms with E-state index in [-0.39, 0.29) is 22.6 Å². The summed E-state index contributed by atoms with van der Waals surface area (Å²) in [4.78, 5) is 31.8. The summed E-state index contributed by atoms with van der Waals surface area (Å²) in [5.41, 5.74) is 1.63. The summed E-state index contributed by atoms with van der Waals surface area (Å²) in [5, 5.41) is 0. The van der Waals surface area contributed by atoms with Crippen molar-refractivity contribution in [1.82, 2.24) is 14.5 Å². The van der Waals surface area contributed by atoms with Crippen LogP contribution in [0.3, 0.4) is 0 Å². The van der Waals surface area contributed by atoms with Crippen molar-refractivity contribution in [3.05, 3.63) is 23.8 Å². The van der Waals surface area contributed by atoms with Crippen molar-refractivity contribution in [2.45, 2.75) is 82.7 Å². The first-order valence-electron chi connectivity index (χ1n) is 13.2. The summed E-state index contributed by atoms with van der Waals surface area (Å²) in [6, 6.07) is 4.70. The lowest BCUT2D eigenvalue weighted by atomic mass is 9.93. The van der Waals surface area contributed by atoms with Gasteiger partial charge in [0, 0.05) is 50.9 Å². The molecule has 3 aliphatic rings. The highest BCUT2D eigenvalue weighted by Crippen LogP contribution is 2.31. The SMILES string of the molecule is CCC(=O)N1CCc2cc(S(=O)(=O)N[C@H](C(=O)N3CCN(C4CCCCC4)CC3)C(C)C)ccc21. The molecule has 0 radical (unpaired) electrons. The van der Waals surface area contributed by atoms with Gasteiger partial charge in [-0.25, -0.2) is 8.42 Å². The molecule has 1 aromatic carbocycles. The molecule has 2 heterocycles. The lowest BCUT2D eigenvalue weighted by Gasteiger charge is -2.41. The van der Waals surface area contributed by atoms with Crippen LogP contribution in [0.25, 0.3) is 0 Å². The minimum atomic E-state index is -3.89. The summed E-state index contributed by atoms with van der Waals surface area (Å²) < 4.78 is 29.3. The van der Waals surface area contributed by atoms with Crippen LogP contribution in [-0.4, -0.2) is 74.8 Å². The number of hydrogen-bond donors (Lipinski definition) is 1. The van der Waals surface area contributed by atoms with E-state index in [1.165, 1.54) is 38.2 Å². The van der Waals surface area contributed by atoms with Crippen molar-refractivity contribution in [3.8, 4) is 0 Å². The van der Waals surface area contributed by atoms with Gasteiger partial charge in [0.1, 0.15) is 6.04 Å². The minimum Gasteiger partial charge on any atom is -0.339 e. The van der Waals surface area contributed by atoms with E-state index in [4.69, 9.17) is 0 Å². The summed E-state index contributed by atoms with van der Waals surface area (Å²) in [6.07, 6.45) is 7.43. The highest BCUT2D eigenvalue weighted by atomic mass is 32.2. The Hall–Kier alpha value is -1.97. The van der Waals surface area contributed by atoms with Crippen LogP contribution in [0.1, 0.15) is 64.9 Å². The van der Waals surface area contributed by atoms with Crippen LogP contribution in [0.15, 0.2) is 23.1 Å². The van der Waals surface area contributed by atoms with Gasteiger partial charge in [-0.3, -0.25) is 14.5 Å². The van der Waals surface area contributed by atoms with Gasteiger partial charge in [0.25, 0.3) is 0 Å². The van der Waals surface area contributed by atoms with E-state index in [0.717, 1.165) is 24.3 Å². The van der Waals surface area contributed by atoms with Gasteiger partial charge in [-0.15, -0.1) is 0 Å². The number of carbonyl (C=O) groups is 2. The van der Waals surface area contributed by atoms with Gasteiger partial charge in [-0.05, 0) is 48.9 Å². The number of benzene rings is 1. The van der Waals surface area contributed by atoms with Gasteiger partial charge < -0.3 is 9.80 Å². The standard InChI is InChI=1S/C26H40N4O4S/c1-4-24(31)30-13-12-20-18-22(10-11-23(20)30)35(33,34)27-25(19(2)3)26(32)29-16-14-28(15-17-29)21-8-6-5-7-9-21/h10-11,18-19,21,25,27H,4-9,12-17H2,1-3H3/t25-/m0/s1. The fourth-order valence-electron chi connectivity index (χ4n) is 5.65. The molecule has 1 saturated heterocycles. The van der Waals surface area contributed by atoms with Gasteiger partial charge >= 0.3 is 0 Å². The molecule has 8 nitrogen and oxygen atoms in total. The van der Waals surface area contributed by atoms with Crippen molar-refractivity contribution < 1.29 is 18.0 Å². The Morgan fingerprint density at radius 1 is 1.03 bits per heavy atom. The maximum Gasteiger partial charge on any atom is 0.241 e. The average Bonchev–Trinajstić information content (AvgIpc) is 3.30. The molecule has 2 fully saturated rings. The second-order valence-electron chi connectivity index (χ2n) is 10.4. The molecule has 1 aliphatic carbocycles. The summed E-state index contributed by atoms with van der Waals surface area (Å²) in [7, 11) is -3.89. The van der Waals surface area contributed by atoms with Crippen molar-refractivity contribution in [3.63, 3.8) is 0 Å². The molecular formula is C26H40N4O4S. The molecule has 2 amide bonds. The number of amides is 2. The van der Waals surface area contributed by atoms with Crippen LogP contribution in [0.5, 0.6) is 0 Å². The van der Waals surface area contributed by atoms with Crippen molar-refractivity contribution in [2.75, 3.05) is 37.6 Å². The number of nitrogens with zero attached hydrogens (tertiary/aromatic N) is 3. The molecule has 2 aliphatic heterocycles. The highest BCUT2D eigenvalue weighted by molar-refractivity contribution is 7.89. The van der Waals surface area contributed by atoms with Gasteiger partial charge in [0.15, 0.2) is 0 Å². The Morgan fingerprint density at radius 3 is 2.34 bits per heavy atom. The van der Waals surface area contributed by atoms with Gasteiger partial charge in [0.05, 0.1) is 4.90 Å². The molecule has 194 valence electrons. The third kappa shape index (κ3) is 5.73. The molecule has 0 aromatic heterocycles. The first-order chi connectivity index (χ1) is 16.7. The number of anilines is 1. The zero-order valence-electron chi connectivity index (χ0n) is 21.3. The average molecular weight is 505 g/mol. The van der Waals surface area contributed by atoms with Gasteiger partial charge in [-0.2, -0.15) is 4.72 Å². The molecule has 1 atom stereocenters. The topological polar surface area (TPSA) is 90.0 Å². The van der Waals surface area contributed by atoms with Gasteiger partial charge in [0.2, 0.25) is 21.8 Å². The lowest BCUT2D eigenvalue weighted by molar-refractivity contribution is -0.136. The Bertz CT molecular complexity index is 1030. The van der Waals surface area contributed by atoms with Crippen LogP contribution in [0.4, 0.5) is 5.69 Å². The quantitative estimate of drug-likeness (QED) is 0.617. The van der Waals surface area contributed by atoms with E-state index < -0.39 is 16.1 Å². The number of hydrogen-bond acceptors (Lipinski definition) is 5. The first kappa shape index (κ1) is 26.1. The number of rotatable bonds is 7. The first-order valence-corrected chi connectivity index (χ1v) is 14.7. The van der Waals surface area contributed by atoms with E-state index in [2.05, 4.69) is 9.62 Å². The van der Waals surface area contributed by atoms with Crippen molar-refractivity contribution >= 4 is 27.5 Å². The number of piperazine rings is 1. The van der Waals surface area contributed by atoms with Gasteiger partial charge in [-0.1, -0.05) is 40.0 Å². The predicted octanol–water partition coefficient (Wildman–Crippen LogP) is 2.77. The highest BCUT2D eigenvalue weighted by Gasteiger charge is 2.35. The largest absolute Gasteiger partial charge is 0.339 e. The minimum absolute atomic E-state index is 0.0338. The molecule has 0 bridgehead atoms. The lowest BCUT2D eigenvalue weighted by Crippen LogP contribution is -2.57. The number of carbonyl (C=O) groups excluding carboxylic acids is 2. The fourth-order valence-corrected chi connectivity index (χ4v) is 7.04. The zero-order chi connectivity index (χ0) is 25.2. The Kier molecular flexibility index (Phi) is 8.18. The van der Waals surface area contributed by atoms with Crippen LogP contribution in [0, 0.1) is 5.92 Å². The van der Waals surface area contributed by atoms with Crippen molar-refractivity contribution in [2.24, 2.45) is 5.92 Å². The normalized spacial score (nSPS) is 20.8. The van der Waals surface area contributed by atoms with E-state index in [9.17, 15) is 18.0 Å².